The third kappa shape index (κ3) is 5.35. The van der Waals surface area contributed by atoms with E-state index in [0.29, 0.717) is 10.6 Å². The zero-order valence-electron chi connectivity index (χ0n) is 19.8. The highest BCUT2D eigenvalue weighted by molar-refractivity contribution is 7.92. The standard InChI is InChI=1S/C25H25ClN2O6S2/c1-16-4-9-21(10-5-16)36(32,33)28-15-24(34-23-13-8-19(26)14-22(23)28)25(29)27-17(2)18-6-11-20(12-7-18)35(3,30)31/h4-14,17,24H,15H2,1-3H3,(H,27,29)/t17-,24+/m1/s1. The number of sulfone groups is 1. The van der Waals surface area contributed by atoms with E-state index in [0.717, 1.165) is 16.1 Å². The van der Waals surface area contributed by atoms with Crippen molar-refractivity contribution in [1.29, 1.82) is 0 Å². The number of benzene rings is 3. The fourth-order valence-electron chi connectivity index (χ4n) is 3.82. The first-order valence-electron chi connectivity index (χ1n) is 11.0. The number of ether oxygens (including phenoxy) is 1. The van der Waals surface area contributed by atoms with Crippen molar-refractivity contribution in [3.63, 3.8) is 0 Å². The lowest BCUT2D eigenvalue weighted by Gasteiger charge is -2.35. The van der Waals surface area contributed by atoms with Crippen LogP contribution in [0.15, 0.2) is 76.5 Å². The van der Waals surface area contributed by atoms with Gasteiger partial charge in [-0.3, -0.25) is 9.10 Å². The molecule has 1 aliphatic heterocycles. The topological polar surface area (TPSA) is 110 Å². The summed E-state index contributed by atoms with van der Waals surface area (Å²) in [5, 5.41) is 3.15. The van der Waals surface area contributed by atoms with E-state index in [9.17, 15) is 21.6 Å². The summed E-state index contributed by atoms with van der Waals surface area (Å²) in [7, 11) is -7.36. The van der Waals surface area contributed by atoms with Crippen LogP contribution in [0, 0.1) is 6.92 Å². The molecular weight excluding hydrogens is 524 g/mol. The van der Waals surface area contributed by atoms with E-state index in [1.165, 1.54) is 36.4 Å². The van der Waals surface area contributed by atoms with Gasteiger partial charge in [0.1, 0.15) is 5.75 Å². The summed E-state index contributed by atoms with van der Waals surface area (Å²) in [6.07, 6.45) is -0.00801. The summed E-state index contributed by atoms with van der Waals surface area (Å²) in [6.45, 7) is 3.34. The van der Waals surface area contributed by atoms with Crippen LogP contribution in [0.3, 0.4) is 0 Å². The molecule has 1 aliphatic rings. The lowest BCUT2D eigenvalue weighted by atomic mass is 10.1. The first kappa shape index (κ1) is 26.0. The number of carbonyl (C=O) groups excluding carboxylic acids is 1. The van der Waals surface area contributed by atoms with Gasteiger partial charge in [-0.05, 0) is 61.9 Å². The summed E-state index contributed by atoms with van der Waals surface area (Å²) >= 11 is 6.14. The lowest BCUT2D eigenvalue weighted by molar-refractivity contribution is -0.128. The number of anilines is 1. The fourth-order valence-corrected chi connectivity index (χ4v) is 6.08. The molecule has 0 aliphatic carbocycles. The van der Waals surface area contributed by atoms with Crippen molar-refractivity contribution in [3.05, 3.63) is 82.9 Å². The summed E-state index contributed by atoms with van der Waals surface area (Å²) in [6, 6.07) is 16.7. The first-order valence-corrected chi connectivity index (χ1v) is 14.7. The van der Waals surface area contributed by atoms with Crippen LogP contribution in [0.25, 0.3) is 0 Å². The van der Waals surface area contributed by atoms with Gasteiger partial charge in [0, 0.05) is 11.3 Å². The van der Waals surface area contributed by atoms with E-state index in [-0.39, 0.29) is 27.8 Å². The minimum atomic E-state index is -4.02. The van der Waals surface area contributed by atoms with E-state index < -0.39 is 37.9 Å². The van der Waals surface area contributed by atoms with Crippen LogP contribution in [0.5, 0.6) is 5.75 Å². The Balaban J connectivity index is 1.60. The van der Waals surface area contributed by atoms with Crippen LogP contribution in [0.4, 0.5) is 5.69 Å². The molecule has 190 valence electrons. The molecule has 1 N–H and O–H groups in total. The molecule has 0 fully saturated rings. The Morgan fingerprint density at radius 3 is 2.22 bits per heavy atom. The average Bonchev–Trinajstić information content (AvgIpc) is 2.83. The van der Waals surface area contributed by atoms with Crippen LogP contribution in [0.1, 0.15) is 24.1 Å². The van der Waals surface area contributed by atoms with Gasteiger partial charge in [0.05, 0.1) is 28.1 Å². The molecule has 8 nitrogen and oxygen atoms in total. The molecule has 11 heteroatoms. The highest BCUT2D eigenvalue weighted by Gasteiger charge is 2.38. The van der Waals surface area contributed by atoms with E-state index >= 15 is 0 Å². The normalized spacial score (nSPS) is 16.6. The summed E-state index contributed by atoms with van der Waals surface area (Å²) < 4.78 is 57.5. The summed E-state index contributed by atoms with van der Waals surface area (Å²) in [5.41, 5.74) is 1.84. The number of halogens is 1. The quantitative estimate of drug-likeness (QED) is 0.500. The Hall–Kier alpha value is -3.08. The number of sulfonamides is 1. The molecule has 0 radical (unpaired) electrons. The highest BCUT2D eigenvalue weighted by Crippen LogP contribution is 2.39. The molecule has 0 unspecified atom stereocenters. The van der Waals surface area contributed by atoms with Crippen LogP contribution in [-0.4, -0.2) is 41.6 Å². The van der Waals surface area contributed by atoms with Gasteiger partial charge in [-0.25, -0.2) is 16.8 Å². The third-order valence-electron chi connectivity index (χ3n) is 5.86. The largest absolute Gasteiger partial charge is 0.476 e. The zero-order chi connectivity index (χ0) is 26.3. The van der Waals surface area contributed by atoms with Crippen LogP contribution < -0.4 is 14.4 Å². The number of carbonyl (C=O) groups is 1. The number of hydrogen-bond donors (Lipinski definition) is 1. The van der Waals surface area contributed by atoms with Crippen molar-refractivity contribution in [1.82, 2.24) is 5.32 Å². The molecule has 0 saturated carbocycles. The molecule has 4 rings (SSSR count). The molecule has 2 atom stereocenters. The average molecular weight is 549 g/mol. The molecule has 0 spiro atoms. The Kier molecular flexibility index (Phi) is 7.05. The number of rotatable bonds is 6. The van der Waals surface area contributed by atoms with Gasteiger partial charge in [0.25, 0.3) is 15.9 Å². The lowest BCUT2D eigenvalue weighted by Crippen LogP contribution is -2.51. The molecule has 1 amide bonds. The molecule has 0 bridgehead atoms. The summed E-state index contributed by atoms with van der Waals surface area (Å²) in [4.78, 5) is 13.4. The number of nitrogens with one attached hydrogen (secondary N) is 1. The predicted octanol–water partition coefficient (Wildman–Crippen LogP) is 3.89. The van der Waals surface area contributed by atoms with Crippen molar-refractivity contribution in [2.24, 2.45) is 0 Å². The fraction of sp³-hybridized carbons (Fsp3) is 0.240. The Bertz CT molecular complexity index is 1510. The molecule has 3 aromatic rings. The maximum atomic E-state index is 13.5. The van der Waals surface area contributed by atoms with Gasteiger partial charge < -0.3 is 10.1 Å². The second-order valence-corrected chi connectivity index (χ2v) is 13.0. The molecular formula is C25H25ClN2O6S2. The van der Waals surface area contributed by atoms with Crippen LogP contribution >= 0.6 is 11.6 Å². The van der Waals surface area contributed by atoms with Gasteiger partial charge in [-0.1, -0.05) is 41.4 Å². The van der Waals surface area contributed by atoms with E-state index in [2.05, 4.69) is 5.32 Å². The molecule has 1 heterocycles. The van der Waals surface area contributed by atoms with E-state index in [1.54, 1.807) is 37.3 Å². The zero-order valence-corrected chi connectivity index (χ0v) is 22.2. The van der Waals surface area contributed by atoms with Crippen LogP contribution in [0.2, 0.25) is 5.02 Å². The SMILES string of the molecule is Cc1ccc(S(=O)(=O)N2C[C@@H](C(=O)N[C@H](C)c3ccc(S(C)(=O)=O)cc3)Oc3ccc(Cl)cc32)cc1. The number of hydrogen-bond acceptors (Lipinski definition) is 6. The van der Waals surface area contributed by atoms with Crippen molar-refractivity contribution < 1.29 is 26.4 Å². The molecule has 0 aromatic heterocycles. The summed E-state index contributed by atoms with van der Waals surface area (Å²) in [5.74, 6) is -0.300. The van der Waals surface area contributed by atoms with Gasteiger partial charge in [0.15, 0.2) is 15.9 Å². The van der Waals surface area contributed by atoms with Crippen molar-refractivity contribution in [2.75, 3.05) is 17.1 Å². The predicted molar refractivity (Wildman–Crippen MR) is 138 cm³/mol. The minimum absolute atomic E-state index is 0.0828. The minimum Gasteiger partial charge on any atom is -0.476 e. The van der Waals surface area contributed by atoms with Crippen molar-refractivity contribution in [2.45, 2.75) is 35.8 Å². The second kappa shape index (κ2) is 9.76. The van der Waals surface area contributed by atoms with Crippen LogP contribution in [-0.2, 0) is 24.7 Å². The second-order valence-electron chi connectivity index (χ2n) is 8.64. The Labute approximate surface area is 215 Å². The number of aryl methyl sites for hydroxylation is 1. The van der Waals surface area contributed by atoms with Gasteiger partial charge in [-0.15, -0.1) is 0 Å². The first-order chi connectivity index (χ1) is 16.9. The van der Waals surface area contributed by atoms with Crippen molar-refractivity contribution >= 4 is 43.1 Å². The number of amides is 1. The smallest absolute Gasteiger partial charge is 0.264 e. The Morgan fingerprint density at radius 1 is 1.00 bits per heavy atom. The molecule has 36 heavy (non-hydrogen) atoms. The third-order valence-corrected chi connectivity index (χ3v) is 9.02. The van der Waals surface area contributed by atoms with Crippen molar-refractivity contribution in [3.8, 4) is 5.75 Å². The van der Waals surface area contributed by atoms with Gasteiger partial charge in [0.2, 0.25) is 0 Å². The number of fused-ring (bicyclic) bond motifs is 1. The van der Waals surface area contributed by atoms with E-state index in [4.69, 9.17) is 16.3 Å². The van der Waals surface area contributed by atoms with E-state index in [1.807, 2.05) is 6.92 Å². The monoisotopic (exact) mass is 548 g/mol. The maximum Gasteiger partial charge on any atom is 0.264 e. The molecule has 0 saturated heterocycles. The Morgan fingerprint density at radius 2 is 1.61 bits per heavy atom. The molecule has 3 aromatic carbocycles. The maximum absolute atomic E-state index is 13.5. The number of nitrogens with zero attached hydrogens (tertiary/aromatic N) is 1. The van der Waals surface area contributed by atoms with Gasteiger partial charge in [-0.2, -0.15) is 0 Å². The van der Waals surface area contributed by atoms with Gasteiger partial charge >= 0.3 is 0 Å². The highest BCUT2D eigenvalue weighted by atomic mass is 35.5.